The van der Waals surface area contributed by atoms with Gasteiger partial charge in [0.25, 0.3) is 0 Å². The molecule has 0 unspecified atom stereocenters. The van der Waals surface area contributed by atoms with Gasteiger partial charge in [-0.1, -0.05) is 97.1 Å². The van der Waals surface area contributed by atoms with Gasteiger partial charge in [0.2, 0.25) is 0 Å². The molecule has 0 fully saturated rings. The predicted octanol–water partition coefficient (Wildman–Crippen LogP) is 4.45. The van der Waals surface area contributed by atoms with Crippen LogP contribution < -0.4 is 11.5 Å². The van der Waals surface area contributed by atoms with Gasteiger partial charge in [-0.2, -0.15) is 0 Å². The molecule has 8 N–H and O–H groups in total. The van der Waals surface area contributed by atoms with E-state index < -0.39 is 0 Å². The molecule has 284 valence electrons. The predicted molar refractivity (Wildman–Crippen MR) is 220 cm³/mol. The largest absolute Gasteiger partial charge is 0.412 e. The van der Waals surface area contributed by atoms with Crippen LogP contribution in [-0.2, 0) is 26.2 Å². The van der Waals surface area contributed by atoms with E-state index >= 15 is 0 Å². The number of likely N-dealkylation sites (N-methyl/N-ethyl adjacent to an activating group) is 2. The maximum absolute atomic E-state index is 9.25. The molecule has 0 radical (unpaired) electrons. The van der Waals surface area contributed by atoms with Gasteiger partial charge in [-0.15, -0.1) is 0 Å². The van der Waals surface area contributed by atoms with Gasteiger partial charge < -0.3 is 36.3 Å². The van der Waals surface area contributed by atoms with Crippen molar-refractivity contribution < 1.29 is 15.7 Å². The quantitative estimate of drug-likeness (QED) is 0.139. The summed E-state index contributed by atoms with van der Waals surface area (Å²) in [6.07, 6.45) is 0. The van der Waals surface area contributed by atoms with Crippen LogP contribution in [0.5, 0.6) is 0 Å². The molecule has 0 amide bonds. The summed E-state index contributed by atoms with van der Waals surface area (Å²) in [6.45, 7) is 4.04. The van der Waals surface area contributed by atoms with Crippen LogP contribution in [0.1, 0.15) is 22.8 Å². The summed E-state index contributed by atoms with van der Waals surface area (Å²) in [5.74, 6) is 2.72. The second-order valence-electron chi connectivity index (χ2n) is 13.5. The lowest BCUT2D eigenvalue weighted by molar-refractivity contribution is 0.213. The van der Waals surface area contributed by atoms with Crippen LogP contribution in [0.25, 0.3) is 43.9 Å². The van der Waals surface area contributed by atoms with Crippen LogP contribution in [0.4, 0.5) is 11.6 Å². The average molecular weight is 741 g/mol. The number of anilines is 2. The Kier molecular flexibility index (Phi) is 12.3. The Labute approximate surface area is 319 Å². The zero-order valence-electron chi connectivity index (χ0n) is 31.2. The minimum Gasteiger partial charge on any atom is -0.412 e. The number of pyridine rings is 2. The van der Waals surface area contributed by atoms with E-state index in [0.29, 0.717) is 50.9 Å². The number of benzene rings is 4. The summed E-state index contributed by atoms with van der Waals surface area (Å²) in [7, 11) is 3.95. The van der Waals surface area contributed by atoms with Crippen LogP contribution >= 0.6 is 0 Å². The van der Waals surface area contributed by atoms with Crippen molar-refractivity contribution >= 4 is 55.5 Å². The van der Waals surface area contributed by atoms with Crippen molar-refractivity contribution in [3.63, 3.8) is 0 Å². The van der Waals surface area contributed by atoms with Crippen molar-refractivity contribution in [2.75, 3.05) is 51.9 Å². The zero-order chi connectivity index (χ0) is 37.6. The Morgan fingerprint density at radius 2 is 0.891 bits per heavy atom. The average Bonchev–Trinajstić information content (AvgIpc) is 3.71. The van der Waals surface area contributed by atoms with Crippen LogP contribution in [0.3, 0.4) is 0 Å². The van der Waals surface area contributed by atoms with E-state index in [1.165, 1.54) is 11.1 Å². The lowest BCUT2D eigenvalue weighted by Crippen LogP contribution is -2.23. The van der Waals surface area contributed by atoms with Gasteiger partial charge >= 0.3 is 0 Å². The fraction of sp³-hybridized carbons (Fsp3) is 0.238. The third-order valence-corrected chi connectivity index (χ3v) is 9.53. The number of imidazole rings is 2. The lowest BCUT2D eigenvalue weighted by atomic mass is 10.1. The van der Waals surface area contributed by atoms with Crippen LogP contribution in [-0.4, -0.2) is 95.0 Å². The smallest absolute Gasteiger partial charge is 0.152 e. The van der Waals surface area contributed by atoms with Gasteiger partial charge in [-0.3, -0.25) is 9.80 Å². The Morgan fingerprint density at radius 3 is 1.27 bits per heavy atom. The van der Waals surface area contributed by atoms with Gasteiger partial charge in [0, 0.05) is 37.0 Å². The fourth-order valence-corrected chi connectivity index (χ4v) is 6.91. The summed E-state index contributed by atoms with van der Waals surface area (Å²) in [6, 6.07) is 36.7. The summed E-state index contributed by atoms with van der Waals surface area (Å²) in [4.78, 5) is 22.8. The van der Waals surface area contributed by atoms with Crippen LogP contribution in [0.2, 0.25) is 0 Å². The standard InChI is InChI=1S/2C21H23N5O.H2O/c2*1-25(11-12-27)14-18-24-19-20(26(18)13-15-7-3-2-4-8-15)16-9-5-6-10-17(16)23-21(19)22;/h2*2-10,27H,11-14H2,1H3,(H2,22,23);1H2. The number of nitrogen functional groups attached to an aromatic ring is 2. The minimum atomic E-state index is 0. The van der Waals surface area contributed by atoms with Crippen molar-refractivity contribution in [2.45, 2.75) is 26.2 Å². The third-order valence-electron chi connectivity index (χ3n) is 9.53. The molecular formula is C42H48N10O3. The number of rotatable bonds is 12. The SMILES string of the molecule is CN(CCO)Cc1nc2c(N)nc3ccccc3c2n1Cc1ccccc1.CN(CCO)Cc1nc2c(N)nc3ccccc3c2n1Cc1ccccc1.O. The van der Waals surface area contributed by atoms with E-state index in [1.807, 2.05) is 86.9 Å². The van der Waals surface area contributed by atoms with Crippen molar-refractivity contribution in [3.05, 3.63) is 132 Å². The molecule has 4 heterocycles. The maximum atomic E-state index is 9.25. The Morgan fingerprint density at radius 1 is 0.527 bits per heavy atom. The topological polar surface area (TPSA) is 192 Å². The minimum absolute atomic E-state index is 0. The fourth-order valence-electron chi connectivity index (χ4n) is 6.91. The van der Waals surface area contributed by atoms with Crippen LogP contribution in [0, 0.1) is 0 Å². The lowest BCUT2D eigenvalue weighted by Gasteiger charge is -2.16. The molecule has 8 aromatic rings. The third kappa shape index (κ3) is 8.41. The molecule has 13 heteroatoms. The number of hydrogen-bond donors (Lipinski definition) is 4. The van der Waals surface area contributed by atoms with Gasteiger partial charge in [0.1, 0.15) is 22.7 Å². The molecule has 0 atom stereocenters. The molecule has 0 saturated heterocycles. The highest BCUT2D eigenvalue weighted by molar-refractivity contribution is 6.07. The zero-order valence-corrected chi connectivity index (χ0v) is 31.2. The van der Waals surface area contributed by atoms with E-state index in [2.05, 4.69) is 65.3 Å². The first kappa shape index (κ1) is 38.8. The van der Waals surface area contributed by atoms with E-state index in [0.717, 1.165) is 55.5 Å². The van der Waals surface area contributed by atoms with Gasteiger partial charge in [0.15, 0.2) is 11.6 Å². The number of aromatic nitrogens is 6. The second kappa shape index (κ2) is 17.5. The monoisotopic (exact) mass is 740 g/mol. The molecule has 0 aliphatic rings. The highest BCUT2D eigenvalue weighted by Gasteiger charge is 2.20. The van der Waals surface area contributed by atoms with Crippen molar-refractivity contribution in [3.8, 4) is 0 Å². The summed E-state index contributed by atoms with van der Waals surface area (Å²) in [5, 5.41) is 20.6. The number of fused-ring (bicyclic) bond motifs is 6. The Bertz CT molecular complexity index is 2330. The normalized spacial score (nSPS) is 11.5. The van der Waals surface area contributed by atoms with E-state index in [-0.39, 0.29) is 18.7 Å². The van der Waals surface area contributed by atoms with Crippen LogP contribution in [0.15, 0.2) is 109 Å². The molecule has 0 aliphatic heterocycles. The van der Waals surface area contributed by atoms with Crippen molar-refractivity contribution in [1.82, 2.24) is 38.9 Å². The molecule has 0 saturated carbocycles. The molecule has 0 spiro atoms. The summed E-state index contributed by atoms with van der Waals surface area (Å²) in [5.41, 5.74) is 20.1. The summed E-state index contributed by atoms with van der Waals surface area (Å²) >= 11 is 0. The Hall–Kier alpha value is -5.96. The molecule has 4 aromatic carbocycles. The molecular weight excluding hydrogens is 693 g/mol. The molecule has 0 aliphatic carbocycles. The molecule has 4 aromatic heterocycles. The van der Waals surface area contributed by atoms with Crippen molar-refractivity contribution in [2.24, 2.45) is 0 Å². The molecule has 13 nitrogen and oxygen atoms in total. The van der Waals surface area contributed by atoms with Gasteiger partial charge in [-0.25, -0.2) is 19.9 Å². The van der Waals surface area contributed by atoms with E-state index in [4.69, 9.17) is 21.4 Å². The molecule has 55 heavy (non-hydrogen) atoms. The maximum Gasteiger partial charge on any atom is 0.152 e. The number of para-hydroxylation sites is 2. The highest BCUT2D eigenvalue weighted by atomic mass is 16.3. The number of nitrogens with zero attached hydrogens (tertiary/aromatic N) is 8. The van der Waals surface area contributed by atoms with Crippen molar-refractivity contribution in [1.29, 1.82) is 0 Å². The highest BCUT2D eigenvalue weighted by Crippen LogP contribution is 2.31. The van der Waals surface area contributed by atoms with Gasteiger partial charge in [0.05, 0.1) is 48.4 Å². The number of hydrogen-bond acceptors (Lipinski definition) is 10. The van der Waals surface area contributed by atoms with Gasteiger partial charge in [-0.05, 0) is 37.4 Å². The number of nitrogens with two attached hydrogens (primary N) is 2. The van der Waals surface area contributed by atoms with E-state index in [1.54, 1.807) is 0 Å². The number of aliphatic hydroxyl groups is 2. The Balaban J connectivity index is 0.000000184. The van der Waals surface area contributed by atoms with E-state index in [9.17, 15) is 10.2 Å². The second-order valence-corrected chi connectivity index (χ2v) is 13.5. The first-order valence-electron chi connectivity index (χ1n) is 18.1. The molecule has 8 rings (SSSR count). The first-order chi connectivity index (χ1) is 26.3. The molecule has 0 bridgehead atoms. The number of aliphatic hydroxyl groups excluding tert-OH is 2. The first-order valence-corrected chi connectivity index (χ1v) is 18.1. The summed E-state index contributed by atoms with van der Waals surface area (Å²) < 4.78 is 4.44.